The van der Waals surface area contributed by atoms with Crippen LogP contribution in [0.4, 0.5) is 19.4 Å². The first-order chi connectivity index (χ1) is 18.4. The highest BCUT2D eigenvalue weighted by Crippen LogP contribution is 2.32. The molecular formula is C28H36Cl2F2N6O2. The number of hydrogen-bond donors (Lipinski definition) is 3. The van der Waals surface area contributed by atoms with Crippen molar-refractivity contribution in [1.29, 1.82) is 0 Å². The number of nitrogens with one attached hydrogen (secondary N) is 3. The van der Waals surface area contributed by atoms with Crippen LogP contribution in [0, 0.1) is 18.6 Å². The van der Waals surface area contributed by atoms with Crippen molar-refractivity contribution < 1.29 is 18.3 Å². The molecule has 2 saturated heterocycles. The van der Waals surface area contributed by atoms with Gasteiger partial charge in [-0.25, -0.2) is 18.3 Å². The second-order valence-electron chi connectivity index (χ2n) is 9.99. The number of benzene rings is 2. The number of aromatic nitrogens is 2. The number of anilines is 1. The molecule has 0 aliphatic carbocycles. The summed E-state index contributed by atoms with van der Waals surface area (Å²) in [5, 5.41) is 14.5. The molecule has 8 nitrogen and oxygen atoms in total. The van der Waals surface area contributed by atoms with E-state index in [1.807, 2.05) is 37.3 Å². The van der Waals surface area contributed by atoms with E-state index in [1.54, 1.807) is 17.9 Å². The van der Waals surface area contributed by atoms with Crippen molar-refractivity contribution in [2.45, 2.75) is 37.8 Å². The number of carbonyl (C=O) groups excluding carboxylic acids is 1. The fourth-order valence-electron chi connectivity index (χ4n) is 5.49. The van der Waals surface area contributed by atoms with Crippen LogP contribution in [0.5, 0.6) is 0 Å². The molecule has 2 aromatic carbocycles. The van der Waals surface area contributed by atoms with Gasteiger partial charge in [0.05, 0.1) is 30.1 Å². The van der Waals surface area contributed by atoms with Crippen molar-refractivity contribution in [1.82, 2.24) is 25.3 Å². The van der Waals surface area contributed by atoms with Gasteiger partial charge in [0.15, 0.2) is 11.6 Å². The van der Waals surface area contributed by atoms with Gasteiger partial charge < -0.3 is 15.4 Å². The van der Waals surface area contributed by atoms with E-state index in [-0.39, 0.29) is 48.8 Å². The lowest BCUT2D eigenvalue weighted by Crippen LogP contribution is -2.42. The van der Waals surface area contributed by atoms with Crippen LogP contribution in [-0.2, 0) is 4.74 Å². The van der Waals surface area contributed by atoms with Crippen molar-refractivity contribution in [2.75, 3.05) is 45.2 Å². The fraction of sp³-hybridized carbons (Fsp3) is 0.429. The normalized spacial score (nSPS) is 20.6. The molecule has 0 saturated carbocycles. The van der Waals surface area contributed by atoms with E-state index in [2.05, 4.69) is 20.9 Å². The van der Waals surface area contributed by atoms with Crippen LogP contribution in [0.15, 0.2) is 48.5 Å². The van der Waals surface area contributed by atoms with Crippen molar-refractivity contribution in [3.63, 3.8) is 0 Å². The molecule has 2 amide bonds. The van der Waals surface area contributed by atoms with Crippen molar-refractivity contribution in [3.05, 3.63) is 77.0 Å². The maximum atomic E-state index is 14.1. The van der Waals surface area contributed by atoms with Crippen molar-refractivity contribution in [2.24, 2.45) is 0 Å². The van der Waals surface area contributed by atoms with Gasteiger partial charge in [0, 0.05) is 38.2 Å². The minimum atomic E-state index is -0.892. The Hall–Kier alpha value is -2.76. The van der Waals surface area contributed by atoms with Gasteiger partial charge in [-0.1, -0.05) is 24.3 Å². The Balaban J connectivity index is 0.00000220. The molecule has 0 bridgehead atoms. The van der Waals surface area contributed by atoms with Crippen LogP contribution in [0.3, 0.4) is 0 Å². The molecule has 12 heteroatoms. The lowest BCUT2D eigenvalue weighted by atomic mass is 9.94. The third-order valence-corrected chi connectivity index (χ3v) is 7.48. The van der Waals surface area contributed by atoms with Gasteiger partial charge in [0.1, 0.15) is 5.82 Å². The van der Waals surface area contributed by atoms with Gasteiger partial charge in [-0.15, -0.1) is 24.8 Å². The Labute approximate surface area is 245 Å². The summed E-state index contributed by atoms with van der Waals surface area (Å²) in [7, 11) is 1.64. The van der Waals surface area contributed by atoms with E-state index < -0.39 is 11.6 Å². The van der Waals surface area contributed by atoms with E-state index in [4.69, 9.17) is 9.84 Å². The summed E-state index contributed by atoms with van der Waals surface area (Å²) >= 11 is 0. The number of hydrogen-bond acceptors (Lipinski definition) is 5. The summed E-state index contributed by atoms with van der Waals surface area (Å²) in [4.78, 5) is 15.6. The summed E-state index contributed by atoms with van der Waals surface area (Å²) in [5.74, 6) is -1.37. The van der Waals surface area contributed by atoms with Gasteiger partial charge in [-0.2, -0.15) is 5.10 Å². The maximum absolute atomic E-state index is 14.1. The number of likely N-dealkylation sites (tertiary alicyclic amines) is 1. The molecule has 5 rings (SSSR count). The van der Waals surface area contributed by atoms with Gasteiger partial charge in [0.25, 0.3) is 0 Å². The van der Waals surface area contributed by atoms with Crippen LogP contribution in [0.1, 0.15) is 41.6 Å². The van der Waals surface area contributed by atoms with Crippen LogP contribution in [0.25, 0.3) is 5.69 Å². The molecule has 0 unspecified atom stereocenters. The SMILES string of the molecule is COCCN1C[C@@H](NC(=O)Nc2c(C)c([C@H]3CCCN3)nn2-c2ccccc2)[C@H](c2ccc(F)c(F)c2)C1.Cl.Cl. The average Bonchev–Trinajstić information content (AvgIpc) is 3.65. The van der Waals surface area contributed by atoms with Crippen LogP contribution < -0.4 is 16.0 Å². The van der Waals surface area contributed by atoms with Crippen molar-refractivity contribution in [3.8, 4) is 5.69 Å². The number of ether oxygens (including phenoxy) is 1. The molecule has 40 heavy (non-hydrogen) atoms. The number of methoxy groups -OCH3 is 1. The minimum absolute atomic E-state index is 0. The standard InChI is InChI=1S/C28H34F2N6O2.2ClH/c1-18-26(24-9-6-12-31-24)34-36(20-7-4-3-5-8-20)27(18)33-28(37)32-25-17-35(13-14-38-2)16-21(25)19-10-11-22(29)23(30)15-19;;/h3-5,7-8,10-11,15,21,24-25,31H,6,9,12-14,16-17H2,1-2H3,(H2,32,33,37);2*1H/t21-,24+,25+;;/m0../s1. The Morgan fingerprint density at radius 1 is 1.12 bits per heavy atom. The number of para-hydroxylation sites is 1. The Morgan fingerprint density at radius 3 is 2.58 bits per heavy atom. The smallest absolute Gasteiger partial charge is 0.320 e. The Morgan fingerprint density at radius 2 is 1.90 bits per heavy atom. The highest BCUT2D eigenvalue weighted by atomic mass is 35.5. The molecule has 0 radical (unpaired) electrons. The molecule has 0 spiro atoms. The zero-order valence-electron chi connectivity index (χ0n) is 22.5. The topological polar surface area (TPSA) is 83.4 Å². The van der Waals surface area contributed by atoms with E-state index in [0.717, 1.165) is 42.4 Å². The van der Waals surface area contributed by atoms with Crippen LogP contribution in [0.2, 0.25) is 0 Å². The monoisotopic (exact) mass is 596 g/mol. The molecule has 3 atom stereocenters. The van der Waals surface area contributed by atoms with Crippen LogP contribution >= 0.6 is 24.8 Å². The minimum Gasteiger partial charge on any atom is -0.383 e. The van der Waals surface area contributed by atoms with Gasteiger partial charge in [0.2, 0.25) is 0 Å². The lowest BCUT2D eigenvalue weighted by molar-refractivity contribution is 0.159. The molecule has 2 fully saturated rings. The first-order valence-corrected chi connectivity index (χ1v) is 13.1. The summed E-state index contributed by atoms with van der Waals surface area (Å²) in [5.41, 5.74) is 3.33. The predicted octanol–water partition coefficient (Wildman–Crippen LogP) is 4.96. The second kappa shape index (κ2) is 14.2. The zero-order valence-corrected chi connectivity index (χ0v) is 24.2. The number of urea groups is 1. The van der Waals surface area contributed by atoms with E-state index >= 15 is 0 Å². The number of nitrogens with zero attached hydrogens (tertiary/aromatic N) is 3. The highest BCUT2D eigenvalue weighted by Gasteiger charge is 2.35. The second-order valence-corrected chi connectivity index (χ2v) is 9.99. The quantitative estimate of drug-likeness (QED) is 0.342. The number of rotatable bonds is 8. The number of halogens is 4. The third kappa shape index (κ3) is 6.92. The predicted molar refractivity (Wildman–Crippen MR) is 156 cm³/mol. The van der Waals surface area contributed by atoms with Gasteiger partial charge in [-0.3, -0.25) is 10.2 Å². The lowest BCUT2D eigenvalue weighted by Gasteiger charge is -2.21. The molecule has 218 valence electrons. The first-order valence-electron chi connectivity index (χ1n) is 13.1. The number of carbonyl (C=O) groups is 1. The maximum Gasteiger partial charge on any atom is 0.320 e. The largest absolute Gasteiger partial charge is 0.383 e. The van der Waals surface area contributed by atoms with Crippen molar-refractivity contribution >= 4 is 36.7 Å². The summed E-state index contributed by atoms with van der Waals surface area (Å²) < 4.78 is 34.7. The fourth-order valence-corrected chi connectivity index (χ4v) is 5.49. The summed E-state index contributed by atoms with van der Waals surface area (Å²) in [6.45, 7) is 5.29. The summed E-state index contributed by atoms with van der Waals surface area (Å²) in [6, 6.07) is 13.1. The van der Waals surface area contributed by atoms with E-state index in [1.165, 1.54) is 6.07 Å². The molecule has 3 N–H and O–H groups in total. The molecule has 2 aliphatic rings. The molecular weight excluding hydrogens is 561 g/mol. The van der Waals surface area contributed by atoms with Crippen LogP contribution in [-0.4, -0.2) is 66.6 Å². The Kier molecular flexibility index (Phi) is 11.3. The Bertz CT molecular complexity index is 1270. The van der Waals surface area contributed by atoms with E-state index in [9.17, 15) is 13.6 Å². The molecule has 1 aromatic heterocycles. The average molecular weight is 598 g/mol. The third-order valence-electron chi connectivity index (χ3n) is 7.48. The zero-order chi connectivity index (χ0) is 26.6. The summed E-state index contributed by atoms with van der Waals surface area (Å²) in [6.07, 6.45) is 2.08. The van der Waals surface area contributed by atoms with E-state index in [0.29, 0.717) is 37.6 Å². The van der Waals surface area contributed by atoms with Gasteiger partial charge >= 0.3 is 6.03 Å². The first kappa shape index (κ1) is 31.8. The van der Waals surface area contributed by atoms with Gasteiger partial charge in [-0.05, 0) is 56.1 Å². The number of amides is 2. The highest BCUT2D eigenvalue weighted by molar-refractivity contribution is 5.90. The molecule has 3 aromatic rings. The molecule has 3 heterocycles. The molecule has 2 aliphatic heterocycles.